The molecule has 0 aliphatic carbocycles. The van der Waals surface area contributed by atoms with Gasteiger partial charge in [-0.05, 0) is 53.1 Å². The molecule has 0 amide bonds. The molecular weight excluding hydrogens is 729 g/mol. The quantitative estimate of drug-likeness (QED) is 0.0484. The van der Waals surface area contributed by atoms with E-state index in [1.807, 2.05) is 0 Å². The number of nitrogens with zero attached hydrogens (tertiary/aromatic N) is 2. The number of hydrogen-bond donors (Lipinski definition) is 0. The molecule has 0 radical (unpaired) electrons. The fraction of sp³-hybridized carbons (Fsp3) is 0.321. The SMILES string of the molecule is Cc1ccc(C(OCCCN(CCOCCOCCN(CCCOC(c2ccccc2)c2ccccc2)Cc2ccccc2)Cc2ccccc2)c2ccccc2)cc1. The van der Waals surface area contributed by atoms with Crippen molar-refractivity contribution in [3.8, 4) is 0 Å². The maximum absolute atomic E-state index is 6.57. The molecule has 6 nitrogen and oxygen atoms in total. The molecule has 0 aliphatic rings. The van der Waals surface area contributed by atoms with Crippen LogP contribution in [0.4, 0.5) is 0 Å². The van der Waals surface area contributed by atoms with Gasteiger partial charge >= 0.3 is 0 Å². The Labute approximate surface area is 353 Å². The number of ether oxygens (including phenoxy) is 4. The molecule has 0 aliphatic heterocycles. The Bertz CT molecular complexity index is 1910. The largest absolute Gasteiger partial charge is 0.378 e. The van der Waals surface area contributed by atoms with Crippen molar-refractivity contribution >= 4 is 0 Å². The topological polar surface area (TPSA) is 43.4 Å². The lowest BCUT2D eigenvalue weighted by molar-refractivity contribution is 0.0255. The number of hydrogen-bond acceptors (Lipinski definition) is 6. The maximum atomic E-state index is 6.57. The Hall–Kier alpha value is -4.92. The number of rotatable bonds is 27. The molecule has 308 valence electrons. The van der Waals surface area contributed by atoms with Crippen molar-refractivity contribution < 1.29 is 18.9 Å². The summed E-state index contributed by atoms with van der Waals surface area (Å²) in [5.74, 6) is 0. The van der Waals surface area contributed by atoms with Gasteiger partial charge in [-0.2, -0.15) is 0 Å². The van der Waals surface area contributed by atoms with E-state index in [1.165, 1.54) is 38.9 Å². The first-order valence-electron chi connectivity index (χ1n) is 21.3. The van der Waals surface area contributed by atoms with E-state index in [0.29, 0.717) is 39.6 Å². The van der Waals surface area contributed by atoms with Gasteiger partial charge in [-0.1, -0.05) is 181 Å². The van der Waals surface area contributed by atoms with Crippen molar-refractivity contribution in [1.29, 1.82) is 0 Å². The molecule has 0 bridgehead atoms. The summed E-state index contributed by atoms with van der Waals surface area (Å²) in [6, 6.07) is 61.6. The Morgan fingerprint density at radius 3 is 1.07 bits per heavy atom. The van der Waals surface area contributed by atoms with Crippen LogP contribution in [0.25, 0.3) is 0 Å². The van der Waals surface area contributed by atoms with Crippen molar-refractivity contribution in [2.75, 3.05) is 65.8 Å². The molecule has 1 atom stereocenters. The minimum absolute atomic E-state index is 0.0789. The van der Waals surface area contributed by atoms with Crippen LogP contribution in [0.1, 0.15) is 64.0 Å². The van der Waals surface area contributed by atoms with E-state index in [-0.39, 0.29) is 12.2 Å². The molecule has 0 aromatic heterocycles. The minimum Gasteiger partial charge on any atom is -0.378 e. The molecule has 0 heterocycles. The smallest absolute Gasteiger partial charge is 0.108 e. The van der Waals surface area contributed by atoms with Gasteiger partial charge in [0.25, 0.3) is 0 Å². The first-order valence-corrected chi connectivity index (χ1v) is 21.3. The second-order valence-electron chi connectivity index (χ2n) is 15.1. The molecule has 6 aromatic carbocycles. The zero-order valence-corrected chi connectivity index (χ0v) is 34.8. The van der Waals surface area contributed by atoms with E-state index < -0.39 is 0 Å². The molecule has 6 rings (SSSR count). The van der Waals surface area contributed by atoms with Crippen molar-refractivity contribution in [2.45, 2.75) is 45.1 Å². The van der Waals surface area contributed by atoms with E-state index in [2.05, 4.69) is 193 Å². The lowest BCUT2D eigenvalue weighted by atomic mass is 10.0. The zero-order valence-electron chi connectivity index (χ0n) is 34.8. The third-order valence-corrected chi connectivity index (χ3v) is 10.5. The van der Waals surface area contributed by atoms with Crippen molar-refractivity contribution in [2.24, 2.45) is 0 Å². The highest BCUT2D eigenvalue weighted by Gasteiger charge is 2.17. The summed E-state index contributed by atoms with van der Waals surface area (Å²) in [4.78, 5) is 4.93. The second-order valence-corrected chi connectivity index (χ2v) is 15.1. The third kappa shape index (κ3) is 15.6. The highest BCUT2D eigenvalue weighted by molar-refractivity contribution is 5.32. The van der Waals surface area contributed by atoms with Crippen LogP contribution in [0.2, 0.25) is 0 Å². The minimum atomic E-state index is -0.0836. The Morgan fingerprint density at radius 1 is 0.356 bits per heavy atom. The third-order valence-electron chi connectivity index (χ3n) is 10.5. The zero-order chi connectivity index (χ0) is 40.6. The molecule has 0 saturated carbocycles. The Morgan fingerprint density at radius 2 is 0.695 bits per heavy atom. The van der Waals surface area contributed by atoms with Crippen LogP contribution in [-0.4, -0.2) is 75.6 Å². The standard InChI is InChI=1S/C53H62N2O4/c1-45-29-31-51(32-30-45)53(50-27-15-6-16-28-50)59-38-18-34-55(44-47-21-9-3-10-22-47)36-40-57-42-41-56-39-35-54(43-46-19-7-2-8-20-46)33-17-37-58-52(48-23-11-4-12-24-48)49-25-13-5-14-26-49/h2-16,19-32,52-53H,17-18,33-44H2,1H3. The Kier molecular flexibility index (Phi) is 18.9. The summed E-state index contributed by atoms with van der Waals surface area (Å²) in [6.07, 6.45) is 1.69. The fourth-order valence-electron chi connectivity index (χ4n) is 7.31. The Balaban J connectivity index is 0.918. The summed E-state index contributed by atoms with van der Waals surface area (Å²) in [6.45, 7) is 11.2. The molecule has 6 aromatic rings. The van der Waals surface area contributed by atoms with E-state index in [1.54, 1.807) is 0 Å². The monoisotopic (exact) mass is 790 g/mol. The molecule has 59 heavy (non-hydrogen) atoms. The van der Waals surface area contributed by atoms with Crippen molar-refractivity contribution in [1.82, 2.24) is 9.80 Å². The van der Waals surface area contributed by atoms with Gasteiger partial charge in [-0.15, -0.1) is 0 Å². The van der Waals surface area contributed by atoms with Crippen LogP contribution in [0.3, 0.4) is 0 Å². The molecular formula is C53H62N2O4. The van der Waals surface area contributed by atoms with Crippen LogP contribution in [-0.2, 0) is 32.0 Å². The van der Waals surface area contributed by atoms with Crippen LogP contribution >= 0.6 is 0 Å². The van der Waals surface area contributed by atoms with Gasteiger partial charge in [0.05, 0.1) is 26.4 Å². The molecule has 0 spiro atoms. The second kappa shape index (κ2) is 25.5. The summed E-state index contributed by atoms with van der Waals surface area (Å²) >= 11 is 0. The average molecular weight is 791 g/mol. The van der Waals surface area contributed by atoms with Crippen LogP contribution in [0.15, 0.2) is 176 Å². The van der Waals surface area contributed by atoms with Crippen molar-refractivity contribution in [3.05, 3.63) is 215 Å². The van der Waals surface area contributed by atoms with Gasteiger partial charge in [-0.25, -0.2) is 0 Å². The van der Waals surface area contributed by atoms with Gasteiger partial charge in [-0.3, -0.25) is 9.80 Å². The summed E-state index contributed by atoms with van der Waals surface area (Å²) in [5.41, 5.74) is 8.57. The first kappa shape index (κ1) is 43.7. The van der Waals surface area contributed by atoms with E-state index in [4.69, 9.17) is 18.9 Å². The van der Waals surface area contributed by atoms with E-state index in [9.17, 15) is 0 Å². The van der Waals surface area contributed by atoms with E-state index in [0.717, 1.165) is 52.1 Å². The van der Waals surface area contributed by atoms with Gasteiger partial charge in [0.1, 0.15) is 12.2 Å². The number of aryl methyl sites for hydroxylation is 1. The lowest BCUT2D eigenvalue weighted by Gasteiger charge is -2.24. The van der Waals surface area contributed by atoms with Gasteiger partial charge in [0, 0.05) is 52.5 Å². The van der Waals surface area contributed by atoms with Gasteiger partial charge in [0.15, 0.2) is 0 Å². The summed E-state index contributed by atoms with van der Waals surface area (Å²) in [5, 5.41) is 0. The highest BCUT2D eigenvalue weighted by atomic mass is 16.5. The number of benzene rings is 6. The molecule has 0 saturated heterocycles. The van der Waals surface area contributed by atoms with Gasteiger partial charge < -0.3 is 18.9 Å². The maximum Gasteiger partial charge on any atom is 0.108 e. The fourth-order valence-corrected chi connectivity index (χ4v) is 7.31. The van der Waals surface area contributed by atoms with E-state index >= 15 is 0 Å². The lowest BCUT2D eigenvalue weighted by Crippen LogP contribution is -2.30. The first-order chi connectivity index (χ1) is 29.2. The molecule has 1 unspecified atom stereocenters. The normalized spacial score (nSPS) is 12.1. The average Bonchev–Trinajstić information content (AvgIpc) is 3.29. The summed E-state index contributed by atoms with van der Waals surface area (Å²) in [7, 11) is 0. The predicted octanol–water partition coefficient (Wildman–Crippen LogP) is 10.7. The summed E-state index contributed by atoms with van der Waals surface area (Å²) < 4.78 is 25.3. The van der Waals surface area contributed by atoms with Crippen LogP contribution < -0.4 is 0 Å². The molecule has 0 N–H and O–H groups in total. The highest BCUT2D eigenvalue weighted by Crippen LogP contribution is 2.27. The van der Waals surface area contributed by atoms with Crippen molar-refractivity contribution in [3.63, 3.8) is 0 Å². The predicted molar refractivity (Wildman–Crippen MR) is 240 cm³/mol. The van der Waals surface area contributed by atoms with Crippen LogP contribution in [0.5, 0.6) is 0 Å². The molecule has 0 fully saturated rings. The van der Waals surface area contributed by atoms with Gasteiger partial charge in [0.2, 0.25) is 0 Å². The molecule has 6 heteroatoms. The van der Waals surface area contributed by atoms with Crippen LogP contribution in [0, 0.1) is 6.92 Å².